The molecule has 0 aliphatic heterocycles. The number of nitrogens with one attached hydrogen (secondary N) is 1. The molecule has 7 N–H and O–H groups in total. The minimum Gasteiger partial charge on any atom is -0.382 e. The first-order valence-electron chi connectivity index (χ1n) is 6.71. The predicted molar refractivity (Wildman–Crippen MR) is 84.0 cm³/mol. The minimum absolute atomic E-state index is 0.00496. The first kappa shape index (κ1) is 17.4. The van der Waals surface area contributed by atoms with Crippen LogP contribution in [0.25, 0.3) is 0 Å². The van der Waals surface area contributed by atoms with Gasteiger partial charge in [0, 0.05) is 13.1 Å². The summed E-state index contributed by atoms with van der Waals surface area (Å²) in [5.41, 5.74) is 16.5. The highest BCUT2D eigenvalue weighted by atomic mass is 35.5. The molecule has 1 rings (SSSR count). The lowest BCUT2D eigenvalue weighted by molar-refractivity contribution is 0.0945. The number of nitrogens with zero attached hydrogens (tertiary/aromatic N) is 3. The highest BCUT2D eigenvalue weighted by Crippen LogP contribution is 2.16. The molecule has 0 spiro atoms. The minimum atomic E-state index is -0.419. The van der Waals surface area contributed by atoms with Gasteiger partial charge in [-0.1, -0.05) is 11.6 Å². The fourth-order valence-electron chi connectivity index (χ4n) is 1.69. The van der Waals surface area contributed by atoms with Crippen molar-refractivity contribution < 1.29 is 4.79 Å². The topological polar surface area (TPSA) is 136 Å². The third-order valence-corrected chi connectivity index (χ3v) is 3.17. The van der Waals surface area contributed by atoms with E-state index < -0.39 is 5.91 Å². The van der Waals surface area contributed by atoms with E-state index in [4.69, 9.17) is 28.8 Å². The number of likely N-dealkylation sites (N-methyl/N-ethyl adjacent to an activating group) is 1. The quantitative estimate of drug-likeness (QED) is 0.483. The molecule has 1 aromatic rings. The van der Waals surface area contributed by atoms with Gasteiger partial charge in [-0.15, -0.1) is 0 Å². The Kier molecular flexibility index (Phi) is 7.13. The van der Waals surface area contributed by atoms with Gasteiger partial charge in [0.25, 0.3) is 5.91 Å². The first-order chi connectivity index (χ1) is 9.95. The van der Waals surface area contributed by atoms with Gasteiger partial charge >= 0.3 is 0 Å². The summed E-state index contributed by atoms with van der Waals surface area (Å²) < 4.78 is 0. The second-order valence-electron chi connectivity index (χ2n) is 4.69. The molecule has 0 unspecified atom stereocenters. The first-order valence-corrected chi connectivity index (χ1v) is 7.08. The summed E-state index contributed by atoms with van der Waals surface area (Å²) in [6, 6.07) is 0. The van der Waals surface area contributed by atoms with Crippen LogP contribution in [0.5, 0.6) is 0 Å². The van der Waals surface area contributed by atoms with Crippen molar-refractivity contribution in [2.24, 2.45) is 5.73 Å². The molecule has 118 valence electrons. The lowest BCUT2D eigenvalue weighted by atomic mass is 10.3. The summed E-state index contributed by atoms with van der Waals surface area (Å²) in [4.78, 5) is 21.7. The van der Waals surface area contributed by atoms with Crippen molar-refractivity contribution >= 4 is 29.1 Å². The van der Waals surface area contributed by atoms with Crippen LogP contribution in [0.4, 0.5) is 11.6 Å². The highest BCUT2D eigenvalue weighted by molar-refractivity contribution is 6.31. The zero-order valence-corrected chi connectivity index (χ0v) is 12.9. The predicted octanol–water partition coefficient (Wildman–Crippen LogP) is -0.305. The Bertz CT molecular complexity index is 483. The van der Waals surface area contributed by atoms with Gasteiger partial charge in [0.1, 0.15) is 0 Å². The van der Waals surface area contributed by atoms with Gasteiger partial charge < -0.3 is 27.4 Å². The Balaban J connectivity index is 2.42. The van der Waals surface area contributed by atoms with Crippen molar-refractivity contribution in [1.29, 1.82) is 0 Å². The number of carbonyl (C=O) groups excluding carboxylic acids is 1. The number of nitrogens with two attached hydrogens (primary N) is 3. The maximum absolute atomic E-state index is 11.9. The van der Waals surface area contributed by atoms with Gasteiger partial charge in [-0.2, -0.15) is 0 Å². The van der Waals surface area contributed by atoms with Crippen LogP contribution in [0.15, 0.2) is 0 Å². The molecule has 0 saturated heterocycles. The smallest absolute Gasteiger partial charge is 0.273 e. The number of halogens is 1. The maximum atomic E-state index is 11.9. The molecule has 0 aromatic carbocycles. The average molecular weight is 316 g/mol. The molecule has 1 amide bonds. The third-order valence-electron chi connectivity index (χ3n) is 2.89. The molecular formula is C12H22ClN7O. The van der Waals surface area contributed by atoms with Crippen LogP contribution in [0, 0.1) is 0 Å². The summed E-state index contributed by atoms with van der Waals surface area (Å²) in [6.07, 6.45) is 2.03. The van der Waals surface area contributed by atoms with E-state index in [2.05, 4.69) is 20.2 Å². The van der Waals surface area contributed by atoms with Crippen molar-refractivity contribution in [2.45, 2.75) is 12.8 Å². The third kappa shape index (κ3) is 5.70. The Morgan fingerprint density at radius 2 is 1.95 bits per heavy atom. The van der Waals surface area contributed by atoms with Crippen LogP contribution in [0.1, 0.15) is 23.3 Å². The number of hydrogen-bond acceptors (Lipinski definition) is 7. The summed E-state index contributed by atoms with van der Waals surface area (Å²) in [5, 5.41) is 2.69. The molecule has 8 nitrogen and oxygen atoms in total. The number of nitrogen functional groups attached to an aromatic ring is 2. The van der Waals surface area contributed by atoms with Crippen LogP contribution < -0.4 is 22.5 Å². The van der Waals surface area contributed by atoms with E-state index in [0.29, 0.717) is 19.6 Å². The van der Waals surface area contributed by atoms with Crippen LogP contribution in [-0.2, 0) is 0 Å². The molecule has 1 aromatic heterocycles. The Hall–Kier alpha value is -1.64. The number of anilines is 2. The van der Waals surface area contributed by atoms with E-state index in [1.54, 1.807) is 0 Å². The van der Waals surface area contributed by atoms with E-state index in [1.165, 1.54) is 0 Å². The van der Waals surface area contributed by atoms with E-state index >= 15 is 0 Å². The van der Waals surface area contributed by atoms with Crippen molar-refractivity contribution in [1.82, 2.24) is 20.2 Å². The van der Waals surface area contributed by atoms with Crippen molar-refractivity contribution in [2.75, 3.05) is 44.7 Å². The molecule has 0 saturated carbocycles. The molecule has 21 heavy (non-hydrogen) atoms. The Morgan fingerprint density at radius 3 is 2.62 bits per heavy atom. The second kappa shape index (κ2) is 8.60. The van der Waals surface area contributed by atoms with Crippen LogP contribution >= 0.6 is 11.6 Å². The van der Waals surface area contributed by atoms with Crippen molar-refractivity contribution in [3.63, 3.8) is 0 Å². The molecule has 1 heterocycles. The standard InChI is InChI=1S/C12H22ClN7O/c1-20(6-3-2-4-14)7-5-17-12(21)8-10(15)19-11(16)9(13)18-8/h2-7,14H2,1H3,(H,17,21)(H4,15,16,19). The normalized spacial score (nSPS) is 10.9. The number of aromatic nitrogens is 2. The van der Waals surface area contributed by atoms with Gasteiger partial charge in [0.15, 0.2) is 22.5 Å². The zero-order valence-electron chi connectivity index (χ0n) is 12.1. The van der Waals surface area contributed by atoms with Crippen LogP contribution in [-0.4, -0.2) is 54.0 Å². The van der Waals surface area contributed by atoms with Gasteiger partial charge in [-0.25, -0.2) is 9.97 Å². The summed E-state index contributed by atoms with van der Waals surface area (Å²) in [7, 11) is 1.98. The van der Waals surface area contributed by atoms with Gasteiger partial charge in [-0.3, -0.25) is 4.79 Å². The number of unbranched alkanes of at least 4 members (excludes halogenated alkanes) is 1. The highest BCUT2D eigenvalue weighted by Gasteiger charge is 2.15. The molecule has 0 aliphatic rings. The summed E-state index contributed by atoms with van der Waals surface area (Å²) in [5.74, 6) is -0.451. The maximum Gasteiger partial charge on any atom is 0.273 e. The number of carbonyl (C=O) groups is 1. The van der Waals surface area contributed by atoms with Gasteiger partial charge in [0.2, 0.25) is 0 Å². The van der Waals surface area contributed by atoms with Crippen LogP contribution in [0.3, 0.4) is 0 Å². The monoisotopic (exact) mass is 315 g/mol. The lowest BCUT2D eigenvalue weighted by Gasteiger charge is -2.16. The zero-order chi connectivity index (χ0) is 15.8. The number of rotatable bonds is 8. The molecule has 9 heteroatoms. The van der Waals surface area contributed by atoms with Crippen LogP contribution in [0.2, 0.25) is 5.15 Å². The van der Waals surface area contributed by atoms with E-state index in [1.807, 2.05) is 7.05 Å². The molecule has 0 atom stereocenters. The van der Waals surface area contributed by atoms with Gasteiger partial charge in [-0.05, 0) is 33.0 Å². The fourth-order valence-corrected chi connectivity index (χ4v) is 1.82. The van der Waals surface area contributed by atoms with E-state index in [9.17, 15) is 4.79 Å². The van der Waals surface area contributed by atoms with E-state index in [-0.39, 0.29) is 22.5 Å². The largest absolute Gasteiger partial charge is 0.382 e. The summed E-state index contributed by atoms with van der Waals surface area (Å²) in [6.45, 7) is 2.82. The fraction of sp³-hybridized carbons (Fsp3) is 0.583. The molecule has 0 aliphatic carbocycles. The van der Waals surface area contributed by atoms with Gasteiger partial charge in [0.05, 0.1) is 0 Å². The lowest BCUT2D eigenvalue weighted by Crippen LogP contribution is -2.34. The Labute approximate surface area is 129 Å². The average Bonchev–Trinajstić information content (AvgIpc) is 2.43. The molecule has 0 radical (unpaired) electrons. The molecular weight excluding hydrogens is 294 g/mol. The van der Waals surface area contributed by atoms with E-state index in [0.717, 1.165) is 19.4 Å². The summed E-state index contributed by atoms with van der Waals surface area (Å²) >= 11 is 5.73. The number of amides is 1. The Morgan fingerprint density at radius 1 is 1.24 bits per heavy atom. The van der Waals surface area contributed by atoms with Crippen molar-refractivity contribution in [3.05, 3.63) is 10.8 Å². The molecule has 0 bridgehead atoms. The molecule has 0 fully saturated rings. The second-order valence-corrected chi connectivity index (χ2v) is 5.05. The van der Waals surface area contributed by atoms with Crippen molar-refractivity contribution in [3.8, 4) is 0 Å². The number of hydrogen-bond donors (Lipinski definition) is 4. The SMILES string of the molecule is CN(CCCCN)CCNC(=O)c1nc(Cl)c(N)nc1N.